The second-order valence-corrected chi connectivity index (χ2v) is 7.89. The molecule has 4 nitrogen and oxygen atoms in total. The molecule has 19 heavy (non-hydrogen) atoms. The van der Waals surface area contributed by atoms with E-state index in [-0.39, 0.29) is 12.3 Å². The minimum absolute atomic E-state index is 0.0953. The van der Waals surface area contributed by atoms with Gasteiger partial charge in [0.15, 0.2) is 0 Å². The lowest BCUT2D eigenvalue weighted by Crippen LogP contribution is -2.31. The lowest BCUT2D eigenvalue weighted by molar-refractivity contribution is 0.361. The molecular formula is C13H17NO3S2. The Morgan fingerprint density at radius 1 is 1.26 bits per heavy atom. The van der Waals surface area contributed by atoms with Gasteiger partial charge >= 0.3 is 0 Å². The van der Waals surface area contributed by atoms with Crippen molar-refractivity contribution < 1.29 is 12.8 Å². The van der Waals surface area contributed by atoms with Crippen LogP contribution in [0.4, 0.5) is 0 Å². The molecule has 2 aromatic rings. The van der Waals surface area contributed by atoms with Crippen LogP contribution in [0.3, 0.4) is 0 Å². The van der Waals surface area contributed by atoms with Crippen LogP contribution in [-0.4, -0.2) is 18.5 Å². The molecule has 104 valence electrons. The summed E-state index contributed by atoms with van der Waals surface area (Å²) in [4.78, 5) is 2.22. The van der Waals surface area contributed by atoms with Crippen LogP contribution >= 0.6 is 11.3 Å². The summed E-state index contributed by atoms with van der Waals surface area (Å²) >= 11 is 1.62. The average molecular weight is 299 g/mol. The number of nitrogens with zero attached hydrogens (tertiary/aromatic N) is 1. The quantitative estimate of drug-likeness (QED) is 0.824. The Hall–Kier alpha value is -1.11. The summed E-state index contributed by atoms with van der Waals surface area (Å²) in [5.74, 6) is 0.753. The second kappa shape index (κ2) is 5.90. The van der Waals surface area contributed by atoms with E-state index < -0.39 is 10.0 Å². The first-order valence-corrected chi connectivity index (χ1v) is 8.49. The van der Waals surface area contributed by atoms with Crippen molar-refractivity contribution in [2.75, 3.05) is 5.75 Å². The Bertz CT molecular complexity index is 614. The van der Waals surface area contributed by atoms with E-state index in [1.807, 2.05) is 19.1 Å². The Labute approximate surface area is 117 Å². The minimum Gasteiger partial charge on any atom is -0.468 e. The Morgan fingerprint density at radius 3 is 2.58 bits per heavy atom. The average Bonchev–Trinajstić information content (AvgIpc) is 3.00. The predicted octanol–water partition coefficient (Wildman–Crippen LogP) is 3.00. The molecule has 2 heterocycles. The topological polar surface area (TPSA) is 50.5 Å². The smallest absolute Gasteiger partial charge is 0.214 e. The highest BCUT2D eigenvalue weighted by Gasteiger charge is 2.22. The summed E-state index contributed by atoms with van der Waals surface area (Å²) in [5, 5.41) is 0. The molecule has 2 aromatic heterocycles. The third-order valence-corrected chi connectivity index (χ3v) is 5.56. The maximum Gasteiger partial charge on any atom is 0.214 e. The fourth-order valence-electron chi connectivity index (χ4n) is 1.76. The fourth-order valence-corrected chi connectivity index (χ4v) is 3.77. The number of furan rings is 1. The van der Waals surface area contributed by atoms with Gasteiger partial charge in [-0.25, -0.2) is 8.42 Å². The van der Waals surface area contributed by atoms with Crippen LogP contribution in [0.2, 0.25) is 0 Å². The zero-order valence-electron chi connectivity index (χ0n) is 11.0. The van der Waals surface area contributed by atoms with Gasteiger partial charge in [0.25, 0.3) is 0 Å². The van der Waals surface area contributed by atoms with E-state index in [2.05, 4.69) is 0 Å². The number of sulfonamides is 1. The minimum atomic E-state index is -3.25. The molecule has 0 spiro atoms. The number of thiophene rings is 1. The summed E-state index contributed by atoms with van der Waals surface area (Å²) in [6.07, 6.45) is 1.56. The van der Waals surface area contributed by atoms with Gasteiger partial charge in [0.05, 0.1) is 18.6 Å². The van der Waals surface area contributed by atoms with E-state index in [1.54, 1.807) is 36.7 Å². The van der Waals surface area contributed by atoms with Gasteiger partial charge < -0.3 is 4.42 Å². The van der Waals surface area contributed by atoms with Crippen molar-refractivity contribution in [3.05, 3.63) is 46.0 Å². The summed E-state index contributed by atoms with van der Waals surface area (Å²) < 4.78 is 31.0. The summed E-state index contributed by atoms with van der Waals surface area (Å²) in [6.45, 7) is 4.35. The van der Waals surface area contributed by atoms with Crippen LogP contribution in [0, 0.1) is 6.92 Å². The Kier molecular flexibility index (Phi) is 4.44. The summed E-state index contributed by atoms with van der Waals surface area (Å²) in [7, 11) is -3.25. The molecule has 0 aliphatic rings. The van der Waals surface area contributed by atoms with Crippen molar-refractivity contribution in [1.82, 2.24) is 4.31 Å². The standard InChI is InChI=1S/C13H17NO3S2/c1-3-19(15,16)14(9-12-5-4-8-17-12)10-13-7-6-11(2)18-13/h4-8H,3,9-10H2,1-2H3. The summed E-state index contributed by atoms with van der Waals surface area (Å²) in [6, 6.07) is 7.53. The van der Waals surface area contributed by atoms with E-state index in [9.17, 15) is 8.42 Å². The van der Waals surface area contributed by atoms with Crippen molar-refractivity contribution >= 4 is 21.4 Å². The molecule has 0 fully saturated rings. The molecule has 6 heteroatoms. The van der Waals surface area contributed by atoms with Crippen molar-refractivity contribution in [3.63, 3.8) is 0 Å². The van der Waals surface area contributed by atoms with Gasteiger partial charge in [0.1, 0.15) is 5.76 Å². The van der Waals surface area contributed by atoms with Gasteiger partial charge in [-0.15, -0.1) is 11.3 Å². The molecule has 0 unspecified atom stereocenters. The van der Waals surface area contributed by atoms with E-state index in [0.717, 1.165) is 4.88 Å². The molecule has 0 aromatic carbocycles. The highest BCUT2D eigenvalue weighted by Crippen LogP contribution is 2.20. The van der Waals surface area contributed by atoms with Crippen LogP contribution < -0.4 is 0 Å². The molecule has 0 amide bonds. The first-order valence-electron chi connectivity index (χ1n) is 6.07. The molecular weight excluding hydrogens is 282 g/mol. The molecule has 0 saturated carbocycles. The zero-order chi connectivity index (χ0) is 13.9. The molecule has 0 saturated heterocycles. The largest absolute Gasteiger partial charge is 0.468 e. The van der Waals surface area contributed by atoms with Gasteiger partial charge in [-0.1, -0.05) is 0 Å². The SMILES string of the molecule is CCS(=O)(=O)N(Cc1ccco1)Cc1ccc(C)s1. The highest BCUT2D eigenvalue weighted by atomic mass is 32.2. The molecule has 0 aliphatic carbocycles. The fraction of sp³-hybridized carbons (Fsp3) is 0.385. The summed E-state index contributed by atoms with van der Waals surface area (Å²) in [5.41, 5.74) is 0. The second-order valence-electron chi connectivity index (χ2n) is 4.26. The first kappa shape index (κ1) is 14.3. The van der Waals surface area contributed by atoms with Crippen LogP contribution in [0.25, 0.3) is 0 Å². The van der Waals surface area contributed by atoms with Crippen LogP contribution in [0.5, 0.6) is 0 Å². The van der Waals surface area contributed by atoms with Crippen molar-refractivity contribution in [1.29, 1.82) is 0 Å². The maximum atomic E-state index is 12.1. The number of hydrogen-bond donors (Lipinski definition) is 0. The molecule has 0 radical (unpaired) electrons. The van der Waals surface area contributed by atoms with Crippen LogP contribution in [0.15, 0.2) is 34.9 Å². The molecule has 0 atom stereocenters. The van der Waals surface area contributed by atoms with Crippen LogP contribution in [-0.2, 0) is 23.1 Å². The lowest BCUT2D eigenvalue weighted by atomic mass is 10.4. The monoisotopic (exact) mass is 299 g/mol. The molecule has 2 rings (SSSR count). The maximum absolute atomic E-state index is 12.1. The van der Waals surface area contributed by atoms with Crippen molar-refractivity contribution in [2.45, 2.75) is 26.9 Å². The van der Waals surface area contributed by atoms with Crippen molar-refractivity contribution in [3.8, 4) is 0 Å². The van der Waals surface area contributed by atoms with E-state index >= 15 is 0 Å². The van der Waals surface area contributed by atoms with Gasteiger partial charge in [0.2, 0.25) is 10.0 Å². The molecule has 0 aliphatic heterocycles. The van der Waals surface area contributed by atoms with Gasteiger partial charge in [0, 0.05) is 16.3 Å². The number of hydrogen-bond acceptors (Lipinski definition) is 4. The van der Waals surface area contributed by atoms with Gasteiger partial charge in [-0.05, 0) is 38.1 Å². The van der Waals surface area contributed by atoms with E-state index in [4.69, 9.17) is 4.42 Å². The molecule has 0 N–H and O–H groups in total. The van der Waals surface area contributed by atoms with E-state index in [1.165, 1.54) is 9.18 Å². The van der Waals surface area contributed by atoms with Gasteiger partial charge in [-0.2, -0.15) is 4.31 Å². The van der Waals surface area contributed by atoms with Crippen molar-refractivity contribution in [2.24, 2.45) is 0 Å². The third kappa shape index (κ3) is 3.68. The zero-order valence-corrected chi connectivity index (χ0v) is 12.6. The number of rotatable bonds is 6. The van der Waals surface area contributed by atoms with Crippen LogP contribution in [0.1, 0.15) is 22.4 Å². The highest BCUT2D eigenvalue weighted by molar-refractivity contribution is 7.89. The normalized spacial score (nSPS) is 12.2. The third-order valence-electron chi connectivity index (χ3n) is 2.80. The first-order chi connectivity index (χ1) is 9.01. The Balaban J connectivity index is 2.19. The van der Waals surface area contributed by atoms with Gasteiger partial charge in [-0.3, -0.25) is 0 Å². The molecule has 0 bridgehead atoms. The predicted molar refractivity (Wildman–Crippen MR) is 76.5 cm³/mol. The Morgan fingerprint density at radius 2 is 2.05 bits per heavy atom. The van der Waals surface area contributed by atoms with E-state index in [0.29, 0.717) is 12.3 Å². The lowest BCUT2D eigenvalue weighted by Gasteiger charge is -2.19. The number of aryl methyl sites for hydroxylation is 1.